The molecule has 1 heterocycles. The second kappa shape index (κ2) is 25.0. The second-order valence-corrected chi connectivity index (χ2v) is 16.4. The van der Waals surface area contributed by atoms with Crippen LogP contribution in [0.25, 0.3) is 0 Å². The van der Waals surface area contributed by atoms with Crippen molar-refractivity contribution >= 4 is 7.82 Å². The Bertz CT molecular complexity index is 785. The van der Waals surface area contributed by atoms with E-state index in [2.05, 4.69) is 41.5 Å². The standard InChI is InChI=1S/C36H73O9P/c1-7-8-9-15-27(2)16-10-17-28(3)18-11-19-29(4)20-12-21-30(5)22-13-23-31(6)24-14-25-43-46(41,42)45-36-35(40)34(39)33(38)32(26-37)44-36/h27-40H,7-26H2,1-6H3,(H,41,42)/t27-,28-,29-,30-,31-,32+,33+,34-,35-,36+/m0/s1. The molecule has 1 rings (SSSR count). The van der Waals surface area contributed by atoms with Gasteiger partial charge < -0.3 is 30.1 Å². The summed E-state index contributed by atoms with van der Waals surface area (Å²) in [5, 5.41) is 38.9. The van der Waals surface area contributed by atoms with Crippen molar-refractivity contribution in [3.05, 3.63) is 0 Å². The highest BCUT2D eigenvalue weighted by Gasteiger charge is 2.46. The zero-order chi connectivity index (χ0) is 34.5. The zero-order valence-corrected chi connectivity index (χ0v) is 31.1. The molecule has 0 aromatic rings. The van der Waals surface area contributed by atoms with Crippen LogP contribution < -0.4 is 0 Å². The first-order valence-corrected chi connectivity index (χ1v) is 20.2. The zero-order valence-electron chi connectivity index (χ0n) is 30.2. The molecule has 0 aromatic carbocycles. The van der Waals surface area contributed by atoms with Gasteiger partial charge in [0.15, 0.2) is 6.29 Å². The maximum absolute atomic E-state index is 12.3. The van der Waals surface area contributed by atoms with Crippen LogP contribution in [0.2, 0.25) is 0 Å². The van der Waals surface area contributed by atoms with Crippen LogP contribution in [0.1, 0.15) is 157 Å². The summed E-state index contributed by atoms with van der Waals surface area (Å²) in [6.45, 7) is 13.5. The van der Waals surface area contributed by atoms with E-state index in [1.807, 2.05) is 0 Å². The third kappa shape index (κ3) is 19.8. The summed E-state index contributed by atoms with van der Waals surface area (Å²) >= 11 is 0. The van der Waals surface area contributed by atoms with Crippen molar-refractivity contribution in [2.45, 2.75) is 188 Å². The lowest BCUT2D eigenvalue weighted by Gasteiger charge is -2.39. The molecule has 10 heteroatoms. The van der Waals surface area contributed by atoms with Crippen molar-refractivity contribution < 1.29 is 43.7 Å². The van der Waals surface area contributed by atoms with Gasteiger partial charge in [0.25, 0.3) is 0 Å². The smallest absolute Gasteiger partial charge is 0.394 e. The van der Waals surface area contributed by atoms with E-state index in [4.69, 9.17) is 13.8 Å². The van der Waals surface area contributed by atoms with Crippen LogP contribution in [0.15, 0.2) is 0 Å². The summed E-state index contributed by atoms with van der Waals surface area (Å²) in [5.74, 6) is 3.77. The number of aliphatic hydroxyl groups excluding tert-OH is 4. The van der Waals surface area contributed by atoms with Crippen LogP contribution >= 0.6 is 7.82 Å². The first-order valence-electron chi connectivity index (χ1n) is 18.8. The Kier molecular flexibility index (Phi) is 23.8. The molecule has 0 aliphatic carbocycles. The molecular weight excluding hydrogens is 607 g/mol. The molecule has 0 aromatic heterocycles. The number of unbranched alkanes of at least 4 members (excludes halogenated alkanes) is 2. The van der Waals surface area contributed by atoms with Gasteiger partial charge in [-0.05, 0) is 42.4 Å². The van der Waals surface area contributed by atoms with Crippen molar-refractivity contribution in [3.63, 3.8) is 0 Å². The van der Waals surface area contributed by atoms with Gasteiger partial charge in [-0.15, -0.1) is 0 Å². The fourth-order valence-corrected chi connectivity index (χ4v) is 7.51. The SMILES string of the molecule is CCCCC[C@H](C)CCC[C@H](C)CCC[C@H](C)CCC[C@H](C)CCC[C@H](C)CCCOP(=O)(O)O[C@H]1O[C@H](CO)[C@@H](O)[C@H](O)[C@@H]1O. The molecule has 0 bridgehead atoms. The van der Waals surface area contributed by atoms with E-state index in [1.165, 1.54) is 96.3 Å². The van der Waals surface area contributed by atoms with Gasteiger partial charge in [0.1, 0.15) is 24.4 Å². The Balaban J connectivity index is 2.08. The molecule has 1 fully saturated rings. The molecule has 46 heavy (non-hydrogen) atoms. The molecule has 9 nitrogen and oxygen atoms in total. The van der Waals surface area contributed by atoms with Gasteiger partial charge >= 0.3 is 7.82 Å². The predicted octanol–water partition coefficient (Wildman–Crippen LogP) is 8.14. The largest absolute Gasteiger partial charge is 0.474 e. The fraction of sp³-hybridized carbons (Fsp3) is 1.00. The molecule has 276 valence electrons. The summed E-state index contributed by atoms with van der Waals surface area (Å²) in [7, 11) is -4.58. The molecular formula is C36H73O9P. The van der Waals surface area contributed by atoms with Crippen molar-refractivity contribution in [2.24, 2.45) is 29.6 Å². The van der Waals surface area contributed by atoms with E-state index in [0.29, 0.717) is 12.3 Å². The summed E-state index contributed by atoms with van der Waals surface area (Å²) in [6.07, 6.45) is 14.7. The topological polar surface area (TPSA) is 146 Å². The van der Waals surface area contributed by atoms with Crippen LogP contribution in [-0.2, 0) is 18.3 Å². The van der Waals surface area contributed by atoms with Crippen LogP contribution in [0.3, 0.4) is 0 Å². The lowest BCUT2D eigenvalue weighted by Crippen LogP contribution is -2.58. The Morgan fingerprint density at radius 2 is 1.00 bits per heavy atom. The van der Waals surface area contributed by atoms with E-state index in [-0.39, 0.29) is 6.61 Å². The Labute approximate surface area is 281 Å². The molecule has 1 saturated heterocycles. The van der Waals surface area contributed by atoms with Gasteiger partial charge in [-0.3, -0.25) is 9.05 Å². The molecule has 1 unspecified atom stereocenters. The average Bonchev–Trinajstić information content (AvgIpc) is 2.99. The highest BCUT2D eigenvalue weighted by Crippen LogP contribution is 2.46. The van der Waals surface area contributed by atoms with Crippen molar-refractivity contribution in [1.82, 2.24) is 0 Å². The van der Waals surface area contributed by atoms with E-state index in [0.717, 1.165) is 36.5 Å². The van der Waals surface area contributed by atoms with Gasteiger partial charge in [0.05, 0.1) is 13.2 Å². The second-order valence-electron chi connectivity index (χ2n) is 15.0. The average molecular weight is 681 g/mol. The van der Waals surface area contributed by atoms with E-state index in [9.17, 15) is 29.9 Å². The van der Waals surface area contributed by atoms with Crippen molar-refractivity contribution in [1.29, 1.82) is 0 Å². The van der Waals surface area contributed by atoms with Gasteiger partial charge in [-0.25, -0.2) is 4.57 Å². The normalized spacial score (nSPS) is 26.7. The molecule has 11 atom stereocenters. The highest BCUT2D eigenvalue weighted by atomic mass is 31.2. The Morgan fingerprint density at radius 1 is 0.609 bits per heavy atom. The minimum Gasteiger partial charge on any atom is -0.394 e. The lowest BCUT2D eigenvalue weighted by atomic mass is 9.89. The summed E-state index contributed by atoms with van der Waals surface area (Å²) in [4.78, 5) is 10.0. The van der Waals surface area contributed by atoms with E-state index < -0.39 is 45.1 Å². The molecule has 0 amide bonds. The van der Waals surface area contributed by atoms with Gasteiger partial charge in [0, 0.05) is 0 Å². The number of hydrogen-bond acceptors (Lipinski definition) is 8. The third-order valence-corrected chi connectivity index (χ3v) is 11.0. The number of aliphatic hydroxyl groups is 4. The van der Waals surface area contributed by atoms with Crippen LogP contribution in [0, 0.1) is 29.6 Å². The lowest BCUT2D eigenvalue weighted by molar-refractivity contribution is -0.281. The van der Waals surface area contributed by atoms with Crippen LogP contribution in [0.5, 0.6) is 0 Å². The molecule has 0 saturated carbocycles. The fourth-order valence-electron chi connectivity index (χ4n) is 6.65. The predicted molar refractivity (Wildman–Crippen MR) is 185 cm³/mol. The van der Waals surface area contributed by atoms with Gasteiger partial charge in [0.2, 0.25) is 0 Å². The van der Waals surface area contributed by atoms with E-state index in [1.54, 1.807) is 0 Å². The van der Waals surface area contributed by atoms with Gasteiger partial charge in [-0.1, -0.05) is 144 Å². The van der Waals surface area contributed by atoms with Gasteiger partial charge in [-0.2, -0.15) is 0 Å². The maximum Gasteiger partial charge on any atom is 0.474 e. The minimum atomic E-state index is -4.58. The number of ether oxygens (including phenoxy) is 1. The Morgan fingerprint density at radius 3 is 1.39 bits per heavy atom. The summed E-state index contributed by atoms with van der Waals surface area (Å²) < 4.78 is 27.3. The number of phosphoric ester groups is 1. The van der Waals surface area contributed by atoms with E-state index >= 15 is 0 Å². The number of phosphoric acid groups is 1. The summed E-state index contributed by atoms with van der Waals surface area (Å²) in [5.41, 5.74) is 0. The number of hydrogen-bond donors (Lipinski definition) is 5. The first kappa shape index (κ1) is 43.9. The summed E-state index contributed by atoms with van der Waals surface area (Å²) in [6, 6.07) is 0. The number of rotatable bonds is 28. The minimum absolute atomic E-state index is 0.00150. The third-order valence-electron chi connectivity index (χ3n) is 10.1. The monoisotopic (exact) mass is 680 g/mol. The van der Waals surface area contributed by atoms with Crippen molar-refractivity contribution in [3.8, 4) is 0 Å². The maximum atomic E-state index is 12.3. The molecule has 5 N–H and O–H groups in total. The first-order chi connectivity index (χ1) is 21.8. The molecule has 1 aliphatic heterocycles. The van der Waals surface area contributed by atoms with Crippen molar-refractivity contribution in [2.75, 3.05) is 13.2 Å². The quantitative estimate of drug-likeness (QED) is 0.0408. The Hall–Kier alpha value is -0.0900. The molecule has 0 radical (unpaired) electrons. The molecule has 0 spiro atoms. The van der Waals surface area contributed by atoms with Crippen LogP contribution in [-0.4, -0.2) is 69.2 Å². The van der Waals surface area contributed by atoms with Crippen LogP contribution in [0.4, 0.5) is 0 Å². The molecule has 1 aliphatic rings. The highest BCUT2D eigenvalue weighted by molar-refractivity contribution is 7.47.